The second kappa shape index (κ2) is 4.67. The Balaban J connectivity index is 2.95. The second-order valence-corrected chi connectivity index (χ2v) is 3.04. The molecule has 0 saturated carbocycles. The van der Waals surface area contributed by atoms with Crippen LogP contribution < -0.4 is 0 Å². The first-order chi connectivity index (χ1) is 7.00. The zero-order valence-corrected chi connectivity index (χ0v) is 8.02. The molecule has 0 saturated heterocycles. The van der Waals surface area contributed by atoms with Gasteiger partial charge >= 0.3 is 11.9 Å². The van der Waals surface area contributed by atoms with Crippen LogP contribution >= 0.6 is 0 Å². The number of benzene rings is 1. The summed E-state index contributed by atoms with van der Waals surface area (Å²) in [6, 6.07) is 4.86. The molecule has 0 bridgehead atoms. The normalized spacial score (nSPS) is 11.8. The van der Waals surface area contributed by atoms with Gasteiger partial charge in [-0.05, 0) is 18.2 Å². The third-order valence-electron chi connectivity index (χ3n) is 1.49. The number of carboxylic acid groups (broad SMARTS) is 1. The molecule has 0 heterocycles. The van der Waals surface area contributed by atoms with Crippen LogP contribution in [-0.2, 0) is 15.5 Å². The Kier molecular flexibility index (Phi) is 3.53. The third kappa shape index (κ3) is 3.15. The summed E-state index contributed by atoms with van der Waals surface area (Å²) in [4.78, 5) is 21.5. The van der Waals surface area contributed by atoms with E-state index in [1.54, 1.807) is 0 Å². The summed E-state index contributed by atoms with van der Waals surface area (Å²) < 4.78 is 23.9. The van der Waals surface area contributed by atoms with E-state index >= 15 is 0 Å². The molecule has 0 radical (unpaired) electrons. The lowest BCUT2D eigenvalue weighted by atomic mass is 10.1. The van der Waals surface area contributed by atoms with Crippen LogP contribution in [-0.4, -0.2) is 25.8 Å². The van der Waals surface area contributed by atoms with Gasteiger partial charge in [-0.1, -0.05) is 6.07 Å². The Morgan fingerprint density at radius 2 is 1.93 bits per heavy atom. The van der Waals surface area contributed by atoms with Crippen molar-refractivity contribution in [2.75, 3.05) is 0 Å². The molecular formula is C8H5O6S-. The van der Waals surface area contributed by atoms with E-state index in [1.165, 1.54) is 18.2 Å². The van der Waals surface area contributed by atoms with Gasteiger partial charge < -0.3 is 13.8 Å². The van der Waals surface area contributed by atoms with Gasteiger partial charge in [-0.15, -0.1) is 0 Å². The van der Waals surface area contributed by atoms with Crippen LogP contribution in [0.15, 0.2) is 24.3 Å². The Morgan fingerprint density at radius 1 is 1.33 bits per heavy atom. The van der Waals surface area contributed by atoms with Crippen LogP contribution in [0.25, 0.3) is 0 Å². The smallest absolute Gasteiger partial charge is 0.351 e. The highest BCUT2D eigenvalue weighted by molar-refractivity contribution is 7.74. The molecule has 0 aliphatic heterocycles. The molecule has 1 N–H and O–H groups in total. The molecule has 0 aliphatic rings. The molecule has 1 unspecified atom stereocenters. The minimum Gasteiger partial charge on any atom is -0.740 e. The van der Waals surface area contributed by atoms with Crippen molar-refractivity contribution in [1.29, 1.82) is 0 Å². The fourth-order valence-corrected chi connectivity index (χ4v) is 1.11. The van der Waals surface area contributed by atoms with Crippen LogP contribution in [0, 0.1) is 0 Å². The summed E-state index contributed by atoms with van der Waals surface area (Å²) in [6.45, 7) is 0. The van der Waals surface area contributed by atoms with Crippen molar-refractivity contribution < 1.29 is 27.6 Å². The maximum atomic E-state index is 11.0. The minimum atomic E-state index is -2.96. The standard InChI is InChI=1S/C8H6O6S/c9-7(10)5-2-1-3-6(4-5)8(11)14-15(12)13/h1-4H,(H,9,10)(H,12,13)/p-1. The molecule has 1 rings (SSSR count). The van der Waals surface area contributed by atoms with Crippen LogP contribution in [0.2, 0.25) is 0 Å². The fourth-order valence-electron chi connectivity index (χ4n) is 0.889. The van der Waals surface area contributed by atoms with E-state index in [9.17, 15) is 18.4 Å². The summed E-state index contributed by atoms with van der Waals surface area (Å²) in [6.07, 6.45) is 0. The van der Waals surface area contributed by atoms with Gasteiger partial charge in [-0.2, -0.15) is 0 Å². The maximum Gasteiger partial charge on any atom is 0.351 e. The first-order valence-electron chi connectivity index (χ1n) is 3.66. The summed E-state index contributed by atoms with van der Waals surface area (Å²) in [5.41, 5.74) is -0.264. The van der Waals surface area contributed by atoms with E-state index < -0.39 is 23.3 Å². The number of rotatable bonds is 3. The van der Waals surface area contributed by atoms with Gasteiger partial charge in [0.2, 0.25) is 0 Å². The molecule has 0 fully saturated rings. The lowest BCUT2D eigenvalue weighted by molar-refractivity contribution is 0.0697. The van der Waals surface area contributed by atoms with E-state index in [-0.39, 0.29) is 11.1 Å². The van der Waals surface area contributed by atoms with Crippen molar-refractivity contribution in [3.05, 3.63) is 35.4 Å². The van der Waals surface area contributed by atoms with Gasteiger partial charge in [0.05, 0.1) is 11.1 Å². The lowest BCUT2D eigenvalue weighted by Crippen LogP contribution is -2.08. The van der Waals surface area contributed by atoms with Crippen LogP contribution in [0.3, 0.4) is 0 Å². The number of aromatic carboxylic acids is 1. The third-order valence-corrected chi connectivity index (χ3v) is 1.78. The average Bonchev–Trinajstić information content (AvgIpc) is 2.17. The molecule has 1 atom stereocenters. The van der Waals surface area contributed by atoms with Gasteiger partial charge in [0, 0.05) is 0 Å². The quantitative estimate of drug-likeness (QED) is 0.749. The maximum absolute atomic E-state index is 11.0. The van der Waals surface area contributed by atoms with Crippen molar-refractivity contribution in [1.82, 2.24) is 0 Å². The molecule has 0 aliphatic carbocycles. The molecule has 15 heavy (non-hydrogen) atoms. The molecule has 1 aromatic carbocycles. The Labute approximate surface area is 87.0 Å². The average molecular weight is 229 g/mol. The largest absolute Gasteiger partial charge is 0.740 e. The summed E-state index contributed by atoms with van der Waals surface area (Å²) >= 11 is -2.96. The highest BCUT2D eigenvalue weighted by Gasteiger charge is 2.10. The zero-order valence-electron chi connectivity index (χ0n) is 7.21. The van der Waals surface area contributed by atoms with E-state index in [0.29, 0.717) is 0 Å². The van der Waals surface area contributed by atoms with Gasteiger partial charge in [0.15, 0.2) is 0 Å². The SMILES string of the molecule is O=C(O)c1cccc(C(=O)OS(=O)[O-])c1. The Morgan fingerprint density at radius 3 is 2.47 bits per heavy atom. The first kappa shape index (κ1) is 11.3. The molecule has 1 aromatic rings. The van der Waals surface area contributed by atoms with E-state index in [4.69, 9.17) is 5.11 Å². The van der Waals surface area contributed by atoms with Gasteiger partial charge in [-0.3, -0.25) is 0 Å². The molecule has 0 amide bonds. The molecule has 6 nitrogen and oxygen atoms in total. The first-order valence-corrected chi connectivity index (χ1v) is 4.66. The van der Waals surface area contributed by atoms with Crippen molar-refractivity contribution >= 4 is 23.3 Å². The van der Waals surface area contributed by atoms with E-state index in [1.807, 2.05) is 0 Å². The lowest BCUT2D eigenvalue weighted by Gasteiger charge is -2.05. The topological polar surface area (TPSA) is 104 Å². The van der Waals surface area contributed by atoms with E-state index in [2.05, 4.69) is 4.18 Å². The van der Waals surface area contributed by atoms with Gasteiger partial charge in [0.1, 0.15) is 11.4 Å². The molecule has 0 aromatic heterocycles. The summed E-state index contributed by atoms with van der Waals surface area (Å²) in [5, 5.41) is 8.60. The highest BCUT2D eigenvalue weighted by Crippen LogP contribution is 2.07. The number of carbonyl (C=O) groups is 2. The van der Waals surface area contributed by atoms with Crippen molar-refractivity contribution in [2.24, 2.45) is 0 Å². The fraction of sp³-hybridized carbons (Fsp3) is 0. The Hall–Kier alpha value is -1.73. The monoisotopic (exact) mass is 229 g/mol. The highest BCUT2D eigenvalue weighted by atomic mass is 32.2. The molecule has 80 valence electrons. The molecule has 7 heteroatoms. The summed E-state index contributed by atoms with van der Waals surface area (Å²) in [7, 11) is 0. The van der Waals surface area contributed by atoms with Gasteiger partial charge in [0.25, 0.3) is 0 Å². The van der Waals surface area contributed by atoms with Crippen LogP contribution in [0.1, 0.15) is 20.7 Å². The summed E-state index contributed by atoms with van der Waals surface area (Å²) in [5.74, 6) is -2.33. The van der Waals surface area contributed by atoms with E-state index in [0.717, 1.165) is 6.07 Å². The predicted octanol–water partition coefficient (Wildman–Crippen LogP) is 0.336. The second-order valence-electron chi connectivity index (χ2n) is 2.46. The van der Waals surface area contributed by atoms with Crippen molar-refractivity contribution in [3.63, 3.8) is 0 Å². The number of hydrogen-bond acceptors (Lipinski definition) is 5. The molecule has 0 spiro atoms. The minimum absolute atomic E-state index is 0.124. The van der Waals surface area contributed by atoms with Crippen LogP contribution in [0.5, 0.6) is 0 Å². The number of carbonyl (C=O) groups excluding carboxylic acids is 1. The number of hydrogen-bond donors (Lipinski definition) is 1. The van der Waals surface area contributed by atoms with Gasteiger partial charge in [-0.25, -0.2) is 13.8 Å². The number of carboxylic acids is 1. The zero-order chi connectivity index (χ0) is 11.4. The Bertz CT molecular complexity index is 427. The molecular weight excluding hydrogens is 224 g/mol. The van der Waals surface area contributed by atoms with Crippen molar-refractivity contribution in [2.45, 2.75) is 0 Å². The van der Waals surface area contributed by atoms with Crippen LogP contribution in [0.4, 0.5) is 0 Å². The van der Waals surface area contributed by atoms with Crippen molar-refractivity contribution in [3.8, 4) is 0 Å². The predicted molar refractivity (Wildman–Crippen MR) is 47.7 cm³/mol.